The van der Waals surface area contributed by atoms with Gasteiger partial charge in [-0.25, -0.2) is 14.8 Å². The highest BCUT2D eigenvalue weighted by atomic mass is 32.1. The molecule has 4 heterocycles. The van der Waals surface area contributed by atoms with Gasteiger partial charge in [0.1, 0.15) is 29.3 Å². The molecule has 1 aliphatic rings. The van der Waals surface area contributed by atoms with Crippen molar-refractivity contribution in [2.45, 2.75) is 104 Å². The quantitative estimate of drug-likeness (QED) is 0.0198. The van der Waals surface area contributed by atoms with Crippen LogP contribution in [0.1, 0.15) is 126 Å². The van der Waals surface area contributed by atoms with Gasteiger partial charge in [0.2, 0.25) is 0 Å². The van der Waals surface area contributed by atoms with Crippen molar-refractivity contribution in [1.82, 2.24) is 10.3 Å². The molecule has 3 N–H and O–H groups in total. The molecule has 0 bridgehead atoms. The van der Waals surface area contributed by atoms with Crippen molar-refractivity contribution in [3.8, 4) is 36.7 Å². The standard InChI is InChI=1S/C44H48N4O4S4/c1-3-4-5-6-7-8-9-10-11-12-13-14-19-47-44(50)33-22-32(37-17-18-38(55-37)39-24-48-40(56-39)21-29(23-45)43(46)53)35-27-52-51-26-30-20-31(36-16-15-28(2)54-36)34(25-49)42(33)41(30)35/h15-18,20-22,24-25H,3-14,19,26-27H2,1-2H3,(H2,46,53)(H,47,50)/b29-21+. The van der Waals surface area contributed by atoms with E-state index in [0.717, 1.165) is 77.6 Å². The summed E-state index contributed by atoms with van der Waals surface area (Å²) in [6, 6.07) is 14.1. The van der Waals surface area contributed by atoms with Crippen LogP contribution >= 0.6 is 46.2 Å². The van der Waals surface area contributed by atoms with Gasteiger partial charge >= 0.3 is 0 Å². The van der Waals surface area contributed by atoms with E-state index in [-0.39, 0.29) is 29.7 Å². The first-order valence-corrected chi connectivity index (χ1v) is 22.4. The molecule has 56 heavy (non-hydrogen) atoms. The van der Waals surface area contributed by atoms with E-state index in [9.17, 15) is 14.9 Å². The molecule has 3 aromatic heterocycles. The SMILES string of the molecule is CCCCCCCCCCCCCCNC(=O)c1cc(-c2ccc(-c3cnc(/C=C(\C#N)C(N)=S)s3)s2)c2c3c(cc(-c4ccc(C)s4)c(C=O)c13)COOC2. The van der Waals surface area contributed by atoms with Crippen molar-refractivity contribution >= 4 is 80.3 Å². The van der Waals surface area contributed by atoms with E-state index in [4.69, 9.17) is 27.7 Å². The fourth-order valence-electron chi connectivity index (χ4n) is 7.22. The van der Waals surface area contributed by atoms with Gasteiger partial charge in [0.05, 0.1) is 10.5 Å². The van der Waals surface area contributed by atoms with Gasteiger partial charge in [-0.1, -0.05) is 89.8 Å². The van der Waals surface area contributed by atoms with Gasteiger partial charge in [0.15, 0.2) is 6.29 Å². The first-order chi connectivity index (χ1) is 27.3. The minimum Gasteiger partial charge on any atom is -0.389 e. The Kier molecular flexibility index (Phi) is 15.1. The van der Waals surface area contributed by atoms with Crippen molar-refractivity contribution in [3.63, 3.8) is 0 Å². The number of nitriles is 1. The van der Waals surface area contributed by atoms with E-state index in [1.54, 1.807) is 34.9 Å². The summed E-state index contributed by atoms with van der Waals surface area (Å²) in [6.07, 6.45) is 19.2. The molecule has 0 unspecified atom stereocenters. The molecule has 12 heteroatoms. The third-order valence-electron chi connectivity index (χ3n) is 10.1. The Morgan fingerprint density at radius 1 is 0.875 bits per heavy atom. The molecule has 5 aromatic rings. The number of hydrogen-bond donors (Lipinski definition) is 2. The average Bonchev–Trinajstić information content (AvgIpc) is 3.95. The number of nitrogens with zero attached hydrogens (tertiary/aromatic N) is 2. The molecule has 0 saturated carbocycles. The summed E-state index contributed by atoms with van der Waals surface area (Å²) < 4.78 is 0. The van der Waals surface area contributed by atoms with Crippen LogP contribution in [-0.4, -0.2) is 28.7 Å². The maximum Gasteiger partial charge on any atom is 0.251 e. The summed E-state index contributed by atoms with van der Waals surface area (Å²) in [7, 11) is 0. The van der Waals surface area contributed by atoms with E-state index < -0.39 is 0 Å². The Morgan fingerprint density at radius 3 is 2.20 bits per heavy atom. The fraction of sp³-hybridized carbons (Fsp3) is 0.386. The van der Waals surface area contributed by atoms with Crippen molar-refractivity contribution < 1.29 is 19.4 Å². The molecule has 6 rings (SSSR count). The molecular formula is C44H48N4O4S4. The molecule has 0 aliphatic carbocycles. The number of carbonyl (C=O) groups excluding carboxylic acids is 2. The summed E-state index contributed by atoms with van der Waals surface area (Å²) in [6.45, 7) is 5.18. The highest BCUT2D eigenvalue weighted by Gasteiger charge is 2.27. The monoisotopic (exact) mass is 824 g/mol. The summed E-state index contributed by atoms with van der Waals surface area (Å²) in [4.78, 5) is 48.3. The Bertz CT molecular complexity index is 2260. The lowest BCUT2D eigenvalue weighted by molar-refractivity contribution is -0.311. The molecule has 292 valence electrons. The maximum atomic E-state index is 14.3. The van der Waals surface area contributed by atoms with Crippen LogP contribution in [0.25, 0.3) is 47.5 Å². The van der Waals surface area contributed by atoms with E-state index in [0.29, 0.717) is 28.1 Å². The van der Waals surface area contributed by atoms with Gasteiger partial charge in [0, 0.05) is 54.3 Å². The molecule has 1 amide bonds. The van der Waals surface area contributed by atoms with Crippen LogP contribution in [-0.2, 0) is 23.0 Å². The predicted octanol–water partition coefficient (Wildman–Crippen LogP) is 12.1. The number of rotatable bonds is 20. The van der Waals surface area contributed by atoms with Crippen LogP contribution in [0.3, 0.4) is 0 Å². The van der Waals surface area contributed by atoms with Crippen molar-refractivity contribution in [1.29, 1.82) is 5.26 Å². The van der Waals surface area contributed by atoms with E-state index in [2.05, 4.69) is 17.2 Å². The Morgan fingerprint density at radius 2 is 1.54 bits per heavy atom. The largest absolute Gasteiger partial charge is 0.389 e. The minimum absolute atomic E-state index is 0.0266. The second kappa shape index (κ2) is 20.4. The fourth-order valence-corrected chi connectivity index (χ4v) is 10.2. The normalized spacial score (nSPS) is 12.8. The van der Waals surface area contributed by atoms with Crippen molar-refractivity contribution in [2.24, 2.45) is 5.73 Å². The average molecular weight is 825 g/mol. The zero-order chi connectivity index (χ0) is 39.4. The van der Waals surface area contributed by atoms with E-state index in [1.165, 1.54) is 69.1 Å². The maximum absolute atomic E-state index is 14.3. The number of thiophene rings is 2. The lowest BCUT2D eigenvalue weighted by Gasteiger charge is -2.19. The van der Waals surface area contributed by atoms with Gasteiger partial charge in [-0.2, -0.15) is 5.26 Å². The number of amides is 1. The van der Waals surface area contributed by atoms with Crippen LogP contribution in [0.15, 0.2) is 48.2 Å². The van der Waals surface area contributed by atoms with E-state index >= 15 is 0 Å². The smallest absolute Gasteiger partial charge is 0.251 e. The summed E-state index contributed by atoms with van der Waals surface area (Å²) in [5.74, 6) is -0.206. The molecule has 0 saturated heterocycles. The third kappa shape index (κ3) is 10.1. The van der Waals surface area contributed by atoms with Crippen LogP contribution in [0.5, 0.6) is 0 Å². The van der Waals surface area contributed by atoms with E-state index in [1.807, 2.05) is 49.4 Å². The number of thiazole rings is 1. The minimum atomic E-state index is -0.206. The number of carbonyl (C=O) groups is 2. The predicted molar refractivity (Wildman–Crippen MR) is 235 cm³/mol. The topological polar surface area (TPSA) is 127 Å². The van der Waals surface area contributed by atoms with Gasteiger partial charge in [-0.3, -0.25) is 9.59 Å². The van der Waals surface area contributed by atoms with Crippen LogP contribution in [0.2, 0.25) is 0 Å². The second-order valence-electron chi connectivity index (χ2n) is 14.2. The summed E-state index contributed by atoms with van der Waals surface area (Å²) >= 11 is 9.61. The number of aldehydes is 1. The Hall–Kier alpha value is -4.09. The van der Waals surface area contributed by atoms with Crippen molar-refractivity contribution in [3.05, 3.63) is 80.3 Å². The first kappa shape index (κ1) is 41.5. The van der Waals surface area contributed by atoms with Gasteiger partial charge < -0.3 is 11.1 Å². The van der Waals surface area contributed by atoms with Gasteiger partial charge in [-0.15, -0.1) is 34.0 Å². The molecule has 8 nitrogen and oxygen atoms in total. The van der Waals surface area contributed by atoms with Crippen LogP contribution < -0.4 is 11.1 Å². The Labute approximate surface area is 346 Å². The van der Waals surface area contributed by atoms with Gasteiger partial charge in [-0.05, 0) is 77.9 Å². The number of unbranched alkanes of at least 4 members (excludes halogenated alkanes) is 11. The number of thiocarbonyl (C=S) groups is 1. The van der Waals surface area contributed by atoms with Crippen molar-refractivity contribution in [2.75, 3.05) is 6.54 Å². The second-order valence-corrected chi connectivity index (χ2v) is 18.0. The van der Waals surface area contributed by atoms with Gasteiger partial charge in [0.25, 0.3) is 5.91 Å². The number of benzene rings is 2. The highest BCUT2D eigenvalue weighted by Crippen LogP contribution is 2.45. The lowest BCUT2D eigenvalue weighted by Crippen LogP contribution is -2.25. The van der Waals surface area contributed by atoms with Crippen LogP contribution in [0.4, 0.5) is 0 Å². The third-order valence-corrected chi connectivity index (χ3v) is 13.6. The Balaban J connectivity index is 1.29. The number of hydrogen-bond acceptors (Lipinski definition) is 10. The lowest BCUT2D eigenvalue weighted by atomic mass is 9.86. The molecule has 0 spiro atoms. The molecule has 2 aromatic carbocycles. The number of nitrogens with one attached hydrogen (secondary N) is 1. The summed E-state index contributed by atoms with van der Waals surface area (Å²) in [5, 5.41) is 14.7. The molecule has 0 fully saturated rings. The molecule has 1 aliphatic heterocycles. The zero-order valence-electron chi connectivity index (χ0n) is 32.0. The molecule has 0 atom stereocenters. The first-order valence-electron chi connectivity index (χ1n) is 19.5. The summed E-state index contributed by atoms with van der Waals surface area (Å²) in [5.41, 5.74) is 10.2. The van der Waals surface area contributed by atoms with Crippen LogP contribution in [0, 0.1) is 18.3 Å². The number of aromatic nitrogens is 1. The number of nitrogens with two attached hydrogens (primary N) is 1. The number of aryl methyl sites for hydroxylation is 1. The zero-order valence-corrected chi connectivity index (χ0v) is 35.3. The molecular weight excluding hydrogens is 777 g/mol. The molecule has 0 radical (unpaired) electrons. The highest BCUT2D eigenvalue weighted by molar-refractivity contribution is 7.80.